The Kier molecular flexibility index (Phi) is 3.34. The molecule has 3 heteroatoms. The van der Waals surface area contributed by atoms with Crippen LogP contribution in [0.1, 0.15) is 5.82 Å². The monoisotopic (exact) mass is 105 g/mol. The number of aromatic amines is 1. The van der Waals surface area contributed by atoms with Crippen molar-refractivity contribution >= 4 is 29.6 Å². The fourth-order valence-electron chi connectivity index (χ4n) is 0.344. The number of nitrogens with zero attached hydrogens (tertiary/aromatic N) is 1. The first kappa shape index (κ1) is 7.21. The predicted molar refractivity (Wildman–Crippen MR) is 29.1 cm³/mol. The first-order valence-electron chi connectivity index (χ1n) is 1.85. The van der Waals surface area contributed by atoms with Gasteiger partial charge in [-0.3, -0.25) is 0 Å². The summed E-state index contributed by atoms with van der Waals surface area (Å²) in [4.78, 5) is 6.75. The van der Waals surface area contributed by atoms with Gasteiger partial charge in [-0.25, -0.2) is 4.98 Å². The van der Waals surface area contributed by atoms with Gasteiger partial charge in [0.2, 0.25) is 0 Å². The van der Waals surface area contributed by atoms with Crippen LogP contribution in [0.3, 0.4) is 0 Å². The van der Waals surface area contributed by atoms with E-state index in [0.29, 0.717) is 0 Å². The number of hydrogen-bond acceptors (Lipinski definition) is 1. The van der Waals surface area contributed by atoms with Gasteiger partial charge < -0.3 is 4.98 Å². The van der Waals surface area contributed by atoms with E-state index in [9.17, 15) is 0 Å². The molecule has 0 spiro atoms. The standard InChI is InChI=1S/C4H6N2.Na/c1-4-5-2-3-6-4;/h2-3H,1H3,(H,5,6);. The second-order valence-corrected chi connectivity index (χ2v) is 1.17. The van der Waals surface area contributed by atoms with Gasteiger partial charge in [0.15, 0.2) is 0 Å². The summed E-state index contributed by atoms with van der Waals surface area (Å²) in [6, 6.07) is 0. The third-order valence-corrected chi connectivity index (χ3v) is 0.635. The van der Waals surface area contributed by atoms with E-state index < -0.39 is 0 Å². The minimum Gasteiger partial charge on any atom is -0.349 e. The molecule has 1 rings (SSSR count). The quantitative estimate of drug-likeness (QED) is 0.473. The Morgan fingerprint density at radius 3 is 2.57 bits per heavy atom. The minimum atomic E-state index is 0. The van der Waals surface area contributed by atoms with E-state index in [4.69, 9.17) is 0 Å². The molecule has 1 N–H and O–H groups in total. The van der Waals surface area contributed by atoms with Gasteiger partial charge in [0.05, 0.1) is 0 Å². The van der Waals surface area contributed by atoms with Crippen LogP contribution in [0.15, 0.2) is 12.4 Å². The Balaban J connectivity index is 0.000000360. The van der Waals surface area contributed by atoms with Crippen molar-refractivity contribution in [2.45, 2.75) is 6.92 Å². The van der Waals surface area contributed by atoms with Gasteiger partial charge in [0, 0.05) is 42.0 Å². The molecule has 0 atom stereocenters. The van der Waals surface area contributed by atoms with Crippen molar-refractivity contribution in [3.63, 3.8) is 0 Å². The summed E-state index contributed by atoms with van der Waals surface area (Å²) in [5.74, 6) is 0.968. The summed E-state index contributed by atoms with van der Waals surface area (Å²) in [6.45, 7) is 1.92. The van der Waals surface area contributed by atoms with E-state index in [0.717, 1.165) is 5.82 Å². The van der Waals surface area contributed by atoms with Gasteiger partial charge in [0.1, 0.15) is 5.82 Å². The van der Waals surface area contributed by atoms with Crippen LogP contribution in [0, 0.1) is 6.92 Å². The van der Waals surface area contributed by atoms with E-state index >= 15 is 0 Å². The Bertz CT molecular complexity index is 113. The van der Waals surface area contributed by atoms with E-state index in [2.05, 4.69) is 9.97 Å². The smallest absolute Gasteiger partial charge is 0.102 e. The first-order valence-corrected chi connectivity index (χ1v) is 1.85. The predicted octanol–water partition coefficient (Wildman–Crippen LogP) is 0.337. The molecule has 0 unspecified atom stereocenters. The van der Waals surface area contributed by atoms with Gasteiger partial charge in [0.25, 0.3) is 0 Å². The van der Waals surface area contributed by atoms with Gasteiger partial charge in [-0.15, -0.1) is 0 Å². The molecule has 2 nitrogen and oxygen atoms in total. The van der Waals surface area contributed by atoms with Crippen LogP contribution in [0.4, 0.5) is 0 Å². The molecule has 0 saturated carbocycles. The molecule has 1 heterocycles. The molecular weight excluding hydrogens is 99.0 g/mol. The van der Waals surface area contributed by atoms with E-state index in [1.54, 1.807) is 12.4 Å². The zero-order chi connectivity index (χ0) is 4.41. The Morgan fingerprint density at radius 2 is 2.43 bits per heavy atom. The molecule has 0 aromatic carbocycles. The van der Waals surface area contributed by atoms with Crippen molar-refractivity contribution in [3.8, 4) is 0 Å². The third kappa shape index (κ3) is 2.12. The van der Waals surface area contributed by atoms with Gasteiger partial charge in [-0.1, -0.05) is 0 Å². The van der Waals surface area contributed by atoms with Gasteiger partial charge >= 0.3 is 0 Å². The molecule has 0 bridgehead atoms. The number of aromatic nitrogens is 2. The summed E-state index contributed by atoms with van der Waals surface area (Å²) in [5.41, 5.74) is 0. The first-order chi connectivity index (χ1) is 2.89. The Morgan fingerprint density at radius 1 is 1.71 bits per heavy atom. The maximum Gasteiger partial charge on any atom is 0.102 e. The number of nitrogens with one attached hydrogen (secondary N) is 1. The Labute approximate surface area is 64.6 Å². The zero-order valence-electron chi connectivity index (χ0n) is 4.60. The maximum absolute atomic E-state index is 3.86. The fourth-order valence-corrected chi connectivity index (χ4v) is 0.344. The van der Waals surface area contributed by atoms with Crippen molar-refractivity contribution in [2.75, 3.05) is 0 Å². The molecule has 0 aliphatic heterocycles. The average Bonchev–Trinajstić information content (AvgIpc) is 1.86. The van der Waals surface area contributed by atoms with Gasteiger partial charge in [-0.05, 0) is 6.92 Å². The summed E-state index contributed by atoms with van der Waals surface area (Å²) < 4.78 is 0. The van der Waals surface area contributed by atoms with Crippen molar-refractivity contribution in [1.29, 1.82) is 0 Å². The molecule has 1 radical (unpaired) electrons. The second-order valence-electron chi connectivity index (χ2n) is 1.17. The van der Waals surface area contributed by atoms with Crippen LogP contribution in [0.5, 0.6) is 0 Å². The van der Waals surface area contributed by atoms with E-state index in [-0.39, 0.29) is 29.6 Å². The molecule has 0 aliphatic carbocycles. The van der Waals surface area contributed by atoms with Crippen LogP contribution < -0.4 is 0 Å². The second kappa shape index (κ2) is 3.24. The third-order valence-electron chi connectivity index (χ3n) is 0.635. The number of hydrogen-bond donors (Lipinski definition) is 1. The largest absolute Gasteiger partial charge is 0.349 e. The van der Waals surface area contributed by atoms with Crippen LogP contribution in [0.25, 0.3) is 0 Å². The molecular formula is C4H6N2Na. The number of rotatable bonds is 0. The SMILES string of the molecule is Cc1ncc[nH]1.[Na]. The molecule has 1 aromatic rings. The molecule has 0 saturated heterocycles. The van der Waals surface area contributed by atoms with E-state index in [1.807, 2.05) is 6.92 Å². The summed E-state index contributed by atoms with van der Waals surface area (Å²) >= 11 is 0. The fraction of sp³-hybridized carbons (Fsp3) is 0.250. The van der Waals surface area contributed by atoms with Gasteiger partial charge in [-0.2, -0.15) is 0 Å². The van der Waals surface area contributed by atoms with Crippen LogP contribution >= 0.6 is 0 Å². The summed E-state index contributed by atoms with van der Waals surface area (Å²) in [6.07, 6.45) is 3.53. The zero-order valence-corrected chi connectivity index (χ0v) is 6.60. The van der Waals surface area contributed by atoms with Crippen molar-refractivity contribution in [3.05, 3.63) is 18.2 Å². The van der Waals surface area contributed by atoms with Crippen molar-refractivity contribution in [2.24, 2.45) is 0 Å². The summed E-state index contributed by atoms with van der Waals surface area (Å²) in [5, 5.41) is 0. The van der Waals surface area contributed by atoms with Crippen LogP contribution in [0.2, 0.25) is 0 Å². The normalized spacial score (nSPS) is 7.57. The average molecular weight is 105 g/mol. The summed E-state index contributed by atoms with van der Waals surface area (Å²) in [7, 11) is 0. The number of aryl methyl sites for hydroxylation is 1. The molecule has 0 aliphatic rings. The van der Waals surface area contributed by atoms with Crippen LogP contribution in [-0.4, -0.2) is 39.5 Å². The van der Waals surface area contributed by atoms with Crippen molar-refractivity contribution in [1.82, 2.24) is 9.97 Å². The van der Waals surface area contributed by atoms with Crippen molar-refractivity contribution < 1.29 is 0 Å². The number of H-pyrrole nitrogens is 1. The maximum atomic E-state index is 3.86. The van der Waals surface area contributed by atoms with E-state index in [1.165, 1.54) is 0 Å². The molecule has 0 amide bonds. The Hall–Kier alpha value is 0.210. The molecule has 33 valence electrons. The topological polar surface area (TPSA) is 28.7 Å². The van der Waals surface area contributed by atoms with Crippen LogP contribution in [-0.2, 0) is 0 Å². The number of imidazole rings is 1. The minimum absolute atomic E-state index is 0. The molecule has 1 aromatic heterocycles. The molecule has 0 fully saturated rings. The molecule has 7 heavy (non-hydrogen) atoms.